The van der Waals surface area contributed by atoms with E-state index >= 15 is 0 Å². The van der Waals surface area contributed by atoms with Gasteiger partial charge in [0.25, 0.3) is 5.91 Å². The molecule has 1 N–H and O–H groups in total. The first-order valence-corrected chi connectivity index (χ1v) is 8.66. The second-order valence-corrected chi connectivity index (χ2v) is 6.30. The molecule has 146 valence electrons. The maximum absolute atomic E-state index is 12.8. The SMILES string of the molecule is O=C(NCc1cccc(C(F)(F)F)c1)c1ccc2oc(-c3ccccn3)nc2c1. The van der Waals surface area contributed by atoms with Crippen molar-refractivity contribution in [2.45, 2.75) is 12.7 Å². The van der Waals surface area contributed by atoms with E-state index in [1.807, 2.05) is 6.07 Å². The van der Waals surface area contributed by atoms with Gasteiger partial charge in [0.15, 0.2) is 5.58 Å². The average Bonchev–Trinajstić information content (AvgIpc) is 3.15. The van der Waals surface area contributed by atoms with Crippen molar-refractivity contribution in [1.82, 2.24) is 15.3 Å². The summed E-state index contributed by atoms with van der Waals surface area (Å²) in [6, 6.07) is 14.9. The summed E-state index contributed by atoms with van der Waals surface area (Å²) < 4.78 is 44.0. The van der Waals surface area contributed by atoms with Gasteiger partial charge in [-0.05, 0) is 48.0 Å². The van der Waals surface area contributed by atoms with Crippen LogP contribution in [0.4, 0.5) is 13.2 Å². The lowest BCUT2D eigenvalue weighted by Crippen LogP contribution is -2.23. The third-order valence-electron chi connectivity index (χ3n) is 4.24. The number of oxazole rings is 1. The van der Waals surface area contributed by atoms with Crippen molar-refractivity contribution in [1.29, 1.82) is 0 Å². The molecule has 5 nitrogen and oxygen atoms in total. The Morgan fingerprint density at radius 1 is 1.03 bits per heavy atom. The highest BCUT2D eigenvalue weighted by molar-refractivity contribution is 5.97. The van der Waals surface area contributed by atoms with Crippen LogP contribution in [0, 0.1) is 0 Å². The number of amides is 1. The van der Waals surface area contributed by atoms with Gasteiger partial charge in [0.2, 0.25) is 5.89 Å². The van der Waals surface area contributed by atoms with Crippen LogP contribution in [0.3, 0.4) is 0 Å². The van der Waals surface area contributed by atoms with Crippen molar-refractivity contribution >= 4 is 17.0 Å². The molecule has 0 saturated heterocycles. The van der Waals surface area contributed by atoms with Crippen LogP contribution in [0.15, 0.2) is 71.3 Å². The Kier molecular flexibility index (Phi) is 4.75. The van der Waals surface area contributed by atoms with Gasteiger partial charge in [0, 0.05) is 18.3 Å². The predicted molar refractivity (Wildman–Crippen MR) is 99.9 cm³/mol. The molecule has 0 aliphatic rings. The molecule has 2 heterocycles. The van der Waals surface area contributed by atoms with Gasteiger partial charge in [0.1, 0.15) is 11.2 Å². The lowest BCUT2D eigenvalue weighted by Gasteiger charge is -2.09. The molecule has 0 atom stereocenters. The number of benzene rings is 2. The molecule has 0 saturated carbocycles. The summed E-state index contributed by atoms with van der Waals surface area (Å²) in [6.07, 6.45) is -2.81. The lowest BCUT2D eigenvalue weighted by molar-refractivity contribution is -0.137. The minimum Gasteiger partial charge on any atom is -0.435 e. The highest BCUT2D eigenvalue weighted by Gasteiger charge is 2.30. The van der Waals surface area contributed by atoms with Crippen LogP contribution in [0.2, 0.25) is 0 Å². The van der Waals surface area contributed by atoms with Crippen LogP contribution in [-0.4, -0.2) is 15.9 Å². The molecule has 4 rings (SSSR count). The third kappa shape index (κ3) is 4.11. The first kappa shape index (κ1) is 18.7. The van der Waals surface area contributed by atoms with E-state index < -0.39 is 17.6 Å². The molecule has 0 fully saturated rings. The molecule has 29 heavy (non-hydrogen) atoms. The zero-order valence-corrected chi connectivity index (χ0v) is 14.9. The lowest BCUT2D eigenvalue weighted by atomic mass is 10.1. The van der Waals surface area contributed by atoms with Gasteiger partial charge in [-0.3, -0.25) is 9.78 Å². The van der Waals surface area contributed by atoms with Crippen LogP contribution in [0.1, 0.15) is 21.5 Å². The van der Waals surface area contributed by atoms with Crippen LogP contribution in [-0.2, 0) is 12.7 Å². The minimum absolute atomic E-state index is 0.0290. The van der Waals surface area contributed by atoms with E-state index in [4.69, 9.17) is 4.42 Å². The van der Waals surface area contributed by atoms with Crippen molar-refractivity contribution in [2.75, 3.05) is 0 Å². The van der Waals surface area contributed by atoms with Crippen LogP contribution < -0.4 is 5.32 Å². The number of hydrogen-bond acceptors (Lipinski definition) is 4. The first-order chi connectivity index (χ1) is 13.9. The maximum atomic E-state index is 12.8. The largest absolute Gasteiger partial charge is 0.435 e. The van der Waals surface area contributed by atoms with Crippen LogP contribution in [0.5, 0.6) is 0 Å². The molecule has 0 bridgehead atoms. The van der Waals surface area contributed by atoms with E-state index in [0.717, 1.165) is 12.1 Å². The summed E-state index contributed by atoms with van der Waals surface area (Å²) in [7, 11) is 0. The smallest absolute Gasteiger partial charge is 0.416 e. The highest BCUT2D eigenvalue weighted by atomic mass is 19.4. The number of aromatic nitrogens is 2. The summed E-state index contributed by atoms with van der Waals surface area (Å²) in [5.41, 5.74) is 1.48. The number of nitrogens with one attached hydrogen (secondary N) is 1. The summed E-state index contributed by atoms with van der Waals surface area (Å²) in [5.74, 6) is -0.0891. The Labute approximate surface area is 163 Å². The minimum atomic E-state index is -4.43. The Morgan fingerprint density at radius 2 is 1.90 bits per heavy atom. The van der Waals surface area contributed by atoms with E-state index in [-0.39, 0.29) is 6.54 Å². The Morgan fingerprint density at radius 3 is 2.66 bits per heavy atom. The summed E-state index contributed by atoms with van der Waals surface area (Å²) in [6.45, 7) is -0.0290. The van der Waals surface area contributed by atoms with E-state index in [0.29, 0.717) is 33.8 Å². The molecule has 4 aromatic rings. The van der Waals surface area contributed by atoms with Gasteiger partial charge in [-0.1, -0.05) is 18.2 Å². The van der Waals surface area contributed by atoms with E-state index in [1.54, 1.807) is 36.5 Å². The van der Waals surface area contributed by atoms with Gasteiger partial charge in [-0.2, -0.15) is 13.2 Å². The third-order valence-corrected chi connectivity index (χ3v) is 4.24. The number of rotatable bonds is 4. The summed E-state index contributed by atoms with van der Waals surface area (Å²) in [5, 5.41) is 2.62. The van der Waals surface area contributed by atoms with Gasteiger partial charge >= 0.3 is 6.18 Å². The molecule has 0 spiro atoms. The fourth-order valence-corrected chi connectivity index (χ4v) is 2.81. The first-order valence-electron chi connectivity index (χ1n) is 8.66. The second kappa shape index (κ2) is 7.38. The predicted octanol–water partition coefficient (Wildman–Crippen LogP) is 4.84. The van der Waals surface area contributed by atoms with Gasteiger partial charge in [-0.25, -0.2) is 4.98 Å². The summed E-state index contributed by atoms with van der Waals surface area (Å²) >= 11 is 0. The number of fused-ring (bicyclic) bond motifs is 1. The highest BCUT2D eigenvalue weighted by Crippen LogP contribution is 2.29. The molecule has 0 radical (unpaired) electrons. The maximum Gasteiger partial charge on any atom is 0.416 e. The Bertz CT molecular complexity index is 1170. The van der Waals surface area contributed by atoms with Crippen molar-refractivity contribution in [3.8, 4) is 11.6 Å². The van der Waals surface area contributed by atoms with Gasteiger partial charge in [-0.15, -0.1) is 0 Å². The molecule has 0 aliphatic carbocycles. The zero-order chi connectivity index (χ0) is 20.4. The van der Waals surface area contributed by atoms with Gasteiger partial charge in [0.05, 0.1) is 5.56 Å². The fourth-order valence-electron chi connectivity index (χ4n) is 2.81. The zero-order valence-electron chi connectivity index (χ0n) is 14.9. The van der Waals surface area contributed by atoms with Crippen molar-refractivity contribution in [3.63, 3.8) is 0 Å². The van der Waals surface area contributed by atoms with Crippen molar-refractivity contribution in [3.05, 3.63) is 83.6 Å². The molecule has 2 aromatic carbocycles. The second-order valence-electron chi connectivity index (χ2n) is 6.30. The molecule has 0 aliphatic heterocycles. The topological polar surface area (TPSA) is 68.0 Å². The number of carbonyl (C=O) groups excluding carboxylic acids is 1. The Hall–Kier alpha value is -3.68. The molecule has 2 aromatic heterocycles. The van der Waals surface area contributed by atoms with Crippen molar-refractivity contribution in [2.24, 2.45) is 0 Å². The Balaban J connectivity index is 1.50. The van der Waals surface area contributed by atoms with Crippen LogP contribution in [0.25, 0.3) is 22.7 Å². The molecule has 1 amide bonds. The van der Waals surface area contributed by atoms with E-state index in [2.05, 4.69) is 15.3 Å². The molecule has 0 unspecified atom stereocenters. The molecule has 8 heteroatoms. The molecular formula is C21H14F3N3O2. The number of halogens is 3. The number of nitrogens with zero attached hydrogens (tertiary/aromatic N) is 2. The number of carbonyl (C=O) groups is 1. The average molecular weight is 397 g/mol. The standard InChI is InChI=1S/C21H14F3N3O2/c22-21(23,24)15-5-3-4-13(10-15)12-26-19(28)14-7-8-18-17(11-14)27-20(29-18)16-6-1-2-9-25-16/h1-11H,12H2,(H,26,28). The number of pyridine rings is 1. The van der Waals surface area contributed by atoms with E-state index in [1.165, 1.54) is 12.1 Å². The number of alkyl halides is 3. The fraction of sp³-hybridized carbons (Fsp3) is 0.0952. The number of hydrogen-bond donors (Lipinski definition) is 1. The van der Waals surface area contributed by atoms with Crippen LogP contribution >= 0.6 is 0 Å². The van der Waals surface area contributed by atoms with Gasteiger partial charge < -0.3 is 9.73 Å². The van der Waals surface area contributed by atoms with E-state index in [9.17, 15) is 18.0 Å². The quantitative estimate of drug-likeness (QED) is 0.535. The normalized spacial score (nSPS) is 11.6. The monoisotopic (exact) mass is 397 g/mol. The molecular weight excluding hydrogens is 383 g/mol. The van der Waals surface area contributed by atoms with Crippen molar-refractivity contribution < 1.29 is 22.4 Å². The summed E-state index contributed by atoms with van der Waals surface area (Å²) in [4.78, 5) is 20.9.